The van der Waals surface area contributed by atoms with Gasteiger partial charge in [0.1, 0.15) is 0 Å². The average molecular weight is 604 g/mol. The monoisotopic (exact) mass is 603 g/mol. The molecule has 0 fully saturated rings. The molecule has 1 atom stereocenters. The highest BCUT2D eigenvalue weighted by atomic mass is 15.1. The van der Waals surface area contributed by atoms with Crippen molar-refractivity contribution in [2.45, 2.75) is 33.1 Å². The number of allylic oxidation sites excluding steroid dienone is 2. The zero-order chi connectivity index (χ0) is 31.6. The summed E-state index contributed by atoms with van der Waals surface area (Å²) in [7, 11) is 0. The zero-order valence-electron chi connectivity index (χ0n) is 27.1. The molecule has 0 amide bonds. The van der Waals surface area contributed by atoms with Crippen molar-refractivity contribution >= 4 is 43.7 Å². The maximum absolute atomic E-state index is 4.55. The maximum atomic E-state index is 4.55. The van der Waals surface area contributed by atoms with Gasteiger partial charge in [0.25, 0.3) is 0 Å². The lowest BCUT2D eigenvalue weighted by Crippen LogP contribution is -2.16. The fraction of sp³-hybridized carbons (Fsp3) is 0.130. The Bertz CT molecular complexity index is 2410. The topological polar surface area (TPSA) is 3.24 Å². The summed E-state index contributed by atoms with van der Waals surface area (Å²) in [6.07, 6.45) is 7.68. The van der Waals surface area contributed by atoms with Crippen LogP contribution in [0.4, 0.5) is 11.4 Å². The molecular formula is C46H37N. The van der Waals surface area contributed by atoms with Gasteiger partial charge >= 0.3 is 0 Å². The van der Waals surface area contributed by atoms with Crippen molar-refractivity contribution in [1.29, 1.82) is 0 Å². The second-order valence-electron chi connectivity index (χ2n) is 13.5. The Labute approximate surface area is 277 Å². The van der Waals surface area contributed by atoms with Crippen LogP contribution in [0.25, 0.3) is 54.6 Å². The molecule has 1 aliphatic heterocycles. The summed E-state index contributed by atoms with van der Waals surface area (Å²) in [5.74, 6) is 0.514. The number of rotatable bonds is 2. The fourth-order valence-electron chi connectivity index (χ4n) is 8.18. The van der Waals surface area contributed by atoms with Crippen molar-refractivity contribution in [2.24, 2.45) is 5.92 Å². The van der Waals surface area contributed by atoms with E-state index in [9.17, 15) is 0 Å². The molecule has 9 rings (SSSR count). The van der Waals surface area contributed by atoms with Crippen molar-refractivity contribution in [3.05, 3.63) is 168 Å². The van der Waals surface area contributed by atoms with Crippen molar-refractivity contribution in [3.8, 4) is 22.3 Å². The third-order valence-electron chi connectivity index (χ3n) is 10.6. The number of para-hydroxylation sites is 1. The Morgan fingerprint density at radius 1 is 0.617 bits per heavy atom. The van der Waals surface area contributed by atoms with Crippen LogP contribution in [0.2, 0.25) is 0 Å². The number of hydrogen-bond donors (Lipinski definition) is 0. The standard InChI is InChI=1S/C46H37N/c1-29-16-18-30(2)47(45-15-9-4-10-32(45)19-17-29)36-23-22-34-26-33-20-21-35(27-43(33)44(34)28-36)37-24-25-42-40-13-6-5-11-38(40)39-12-7-8-14-41(39)46(42)31(37)3/h4-16,18,20-25,27-29H,2,17,19,26H2,1,3H3/b18-16-. The number of aryl methyl sites for hydroxylation is 2. The molecule has 1 unspecified atom stereocenters. The lowest BCUT2D eigenvalue weighted by atomic mass is 9.88. The van der Waals surface area contributed by atoms with Gasteiger partial charge in [-0.1, -0.05) is 117 Å². The van der Waals surface area contributed by atoms with E-state index in [1.165, 1.54) is 88.2 Å². The Morgan fingerprint density at radius 3 is 2.04 bits per heavy atom. The number of benzene rings is 7. The predicted molar refractivity (Wildman–Crippen MR) is 202 cm³/mol. The Hall–Kier alpha value is -5.40. The highest BCUT2D eigenvalue weighted by Gasteiger charge is 2.24. The summed E-state index contributed by atoms with van der Waals surface area (Å²) in [5, 5.41) is 7.96. The largest absolute Gasteiger partial charge is 0.311 e. The van der Waals surface area contributed by atoms with Crippen LogP contribution in [-0.2, 0) is 12.8 Å². The lowest BCUT2D eigenvalue weighted by Gasteiger charge is -2.28. The molecule has 7 aromatic rings. The van der Waals surface area contributed by atoms with Crippen LogP contribution in [0.3, 0.4) is 0 Å². The third-order valence-corrected chi connectivity index (χ3v) is 10.6. The predicted octanol–water partition coefficient (Wildman–Crippen LogP) is 12.5. The summed E-state index contributed by atoms with van der Waals surface area (Å²) in [4.78, 5) is 2.36. The van der Waals surface area contributed by atoms with Crippen molar-refractivity contribution in [2.75, 3.05) is 4.90 Å². The van der Waals surface area contributed by atoms with Crippen LogP contribution < -0.4 is 4.90 Å². The minimum Gasteiger partial charge on any atom is -0.311 e. The van der Waals surface area contributed by atoms with E-state index < -0.39 is 0 Å². The highest BCUT2D eigenvalue weighted by Crippen LogP contribution is 2.45. The smallest absolute Gasteiger partial charge is 0.0493 e. The molecule has 226 valence electrons. The summed E-state index contributed by atoms with van der Waals surface area (Å²) in [6, 6.07) is 45.4. The van der Waals surface area contributed by atoms with Gasteiger partial charge in [-0.25, -0.2) is 0 Å². The van der Waals surface area contributed by atoms with Crippen LogP contribution in [-0.4, -0.2) is 0 Å². The molecule has 7 aromatic carbocycles. The van der Waals surface area contributed by atoms with Crippen LogP contribution in [0, 0.1) is 12.8 Å². The van der Waals surface area contributed by atoms with Crippen LogP contribution >= 0.6 is 0 Å². The molecule has 2 aliphatic rings. The first-order valence-electron chi connectivity index (χ1n) is 16.9. The van der Waals surface area contributed by atoms with Crippen molar-refractivity contribution < 1.29 is 0 Å². The molecule has 1 heteroatoms. The van der Waals surface area contributed by atoms with Crippen LogP contribution in [0.5, 0.6) is 0 Å². The molecule has 0 saturated heterocycles. The molecule has 0 saturated carbocycles. The van der Waals surface area contributed by atoms with E-state index in [-0.39, 0.29) is 0 Å². The summed E-state index contributed by atoms with van der Waals surface area (Å²) >= 11 is 0. The zero-order valence-corrected chi connectivity index (χ0v) is 27.1. The van der Waals surface area contributed by atoms with E-state index >= 15 is 0 Å². The second-order valence-corrected chi connectivity index (χ2v) is 13.5. The first kappa shape index (κ1) is 27.9. The molecule has 1 heterocycles. The molecule has 0 bridgehead atoms. The minimum absolute atomic E-state index is 0.514. The number of nitrogens with zero attached hydrogens (tertiary/aromatic N) is 1. The van der Waals surface area contributed by atoms with Crippen LogP contribution in [0.1, 0.15) is 35.6 Å². The Kier molecular flexibility index (Phi) is 6.43. The average Bonchev–Trinajstić information content (AvgIpc) is 3.49. The second kappa shape index (κ2) is 10.9. The maximum Gasteiger partial charge on any atom is 0.0493 e. The number of anilines is 2. The van der Waals surface area contributed by atoms with Gasteiger partial charge in [-0.15, -0.1) is 0 Å². The fourth-order valence-corrected chi connectivity index (χ4v) is 8.18. The first-order valence-corrected chi connectivity index (χ1v) is 16.9. The van der Waals surface area contributed by atoms with Crippen molar-refractivity contribution in [3.63, 3.8) is 0 Å². The SMILES string of the molecule is C=C1/C=C\C(C)CCc2ccccc2N1c1ccc2c(c1)-c1cc(-c3ccc4c5ccccc5c5ccccc5c4c3C)ccc1C2. The number of fused-ring (bicyclic) bond motifs is 10. The van der Waals surface area contributed by atoms with Crippen molar-refractivity contribution in [1.82, 2.24) is 0 Å². The van der Waals surface area contributed by atoms with Gasteiger partial charge in [0.2, 0.25) is 0 Å². The molecule has 1 nitrogen and oxygen atoms in total. The molecule has 1 aliphatic carbocycles. The van der Waals surface area contributed by atoms with Gasteiger partial charge in [0.05, 0.1) is 0 Å². The number of hydrogen-bond acceptors (Lipinski definition) is 1. The van der Waals surface area contributed by atoms with E-state index in [1.807, 2.05) is 0 Å². The molecule has 0 N–H and O–H groups in total. The van der Waals surface area contributed by atoms with E-state index in [1.54, 1.807) is 0 Å². The quantitative estimate of drug-likeness (QED) is 0.178. The van der Waals surface area contributed by atoms with E-state index in [0.717, 1.165) is 25.0 Å². The molecule has 0 spiro atoms. The normalized spacial score (nSPS) is 16.4. The molecular weight excluding hydrogens is 567 g/mol. The Balaban J connectivity index is 1.19. The summed E-state index contributed by atoms with van der Waals surface area (Å²) in [6.45, 7) is 9.16. The minimum atomic E-state index is 0.514. The Morgan fingerprint density at radius 2 is 1.26 bits per heavy atom. The summed E-state index contributed by atoms with van der Waals surface area (Å²) < 4.78 is 0. The van der Waals surface area contributed by atoms with Gasteiger partial charge in [-0.3, -0.25) is 0 Å². The third kappa shape index (κ3) is 4.45. The van der Waals surface area contributed by atoms with Gasteiger partial charge < -0.3 is 4.90 Å². The lowest BCUT2D eigenvalue weighted by molar-refractivity contribution is 0.649. The van der Waals surface area contributed by atoms with Gasteiger partial charge in [-0.2, -0.15) is 0 Å². The molecule has 47 heavy (non-hydrogen) atoms. The van der Waals surface area contributed by atoms with E-state index in [4.69, 9.17) is 0 Å². The first-order chi connectivity index (χ1) is 23.0. The molecule has 0 aromatic heterocycles. The highest BCUT2D eigenvalue weighted by molar-refractivity contribution is 6.26. The molecule has 0 radical (unpaired) electrons. The van der Waals surface area contributed by atoms with E-state index in [0.29, 0.717) is 5.92 Å². The van der Waals surface area contributed by atoms with E-state index in [2.05, 4.69) is 159 Å². The summed E-state index contributed by atoms with van der Waals surface area (Å²) in [5.41, 5.74) is 14.1. The van der Waals surface area contributed by atoms with Gasteiger partial charge in [0.15, 0.2) is 0 Å². The van der Waals surface area contributed by atoms with Gasteiger partial charge in [0, 0.05) is 17.1 Å². The van der Waals surface area contributed by atoms with Crippen LogP contribution in [0.15, 0.2) is 146 Å². The van der Waals surface area contributed by atoms with Gasteiger partial charge in [-0.05, 0) is 139 Å².